The molecule has 0 bridgehead atoms. The van der Waals surface area contributed by atoms with Gasteiger partial charge in [-0.25, -0.2) is 4.98 Å². The zero-order valence-corrected chi connectivity index (χ0v) is 16.7. The predicted octanol–water partition coefficient (Wildman–Crippen LogP) is 6.00. The summed E-state index contributed by atoms with van der Waals surface area (Å²) in [6, 6.07) is 15.6. The minimum absolute atomic E-state index is 0.0159. The third kappa shape index (κ3) is 3.73. The Bertz CT molecular complexity index is 1060. The fourth-order valence-corrected chi connectivity index (χ4v) is 4.06. The first-order valence-electron chi connectivity index (χ1n) is 8.87. The maximum Gasteiger partial charge on any atom is 0.247 e. The van der Waals surface area contributed by atoms with Gasteiger partial charge in [-0.3, -0.25) is 0 Å². The number of aryl methyl sites for hydroxylation is 1. The van der Waals surface area contributed by atoms with Gasteiger partial charge in [0.25, 0.3) is 0 Å². The number of fused-ring (bicyclic) bond motifs is 1. The fourth-order valence-electron chi connectivity index (χ4n) is 2.92. The van der Waals surface area contributed by atoms with Crippen molar-refractivity contribution < 1.29 is 4.42 Å². The van der Waals surface area contributed by atoms with E-state index in [0.717, 1.165) is 34.7 Å². The summed E-state index contributed by atoms with van der Waals surface area (Å²) < 4.78 is 8.12. The zero-order valence-electron chi connectivity index (χ0n) is 15.1. The molecule has 2 heterocycles. The summed E-state index contributed by atoms with van der Waals surface area (Å²) in [7, 11) is 0. The molecule has 0 radical (unpaired) electrons. The molecular weight excluding hydrogens is 380 g/mol. The third-order valence-corrected chi connectivity index (χ3v) is 5.53. The Morgan fingerprint density at radius 3 is 2.74 bits per heavy atom. The smallest absolute Gasteiger partial charge is 0.247 e. The molecule has 0 spiro atoms. The van der Waals surface area contributed by atoms with Gasteiger partial charge in [0.15, 0.2) is 5.16 Å². The van der Waals surface area contributed by atoms with Crippen LogP contribution in [0.1, 0.15) is 31.4 Å². The number of hydrogen-bond acceptors (Lipinski definition) is 5. The molecule has 7 heteroatoms. The Morgan fingerprint density at radius 2 is 1.96 bits per heavy atom. The molecule has 4 aromatic rings. The summed E-state index contributed by atoms with van der Waals surface area (Å²) in [4.78, 5) is 4.77. The standard InChI is InChI=1S/C20H19ClN4OS/c1-3-11-25-17-10-9-15(21)12-16(17)22-20(25)27-13(2)18-23-24-19(26-18)14-7-5-4-6-8-14/h4-10,12-13H,3,11H2,1-2H3/t13-/m1/s1. The molecule has 0 aliphatic heterocycles. The van der Waals surface area contributed by atoms with Crippen LogP contribution in [-0.4, -0.2) is 19.7 Å². The Labute approximate surface area is 166 Å². The molecule has 0 aliphatic rings. The molecule has 2 aromatic heterocycles. The summed E-state index contributed by atoms with van der Waals surface area (Å²) in [5.41, 5.74) is 2.91. The van der Waals surface area contributed by atoms with Gasteiger partial charge in [0.05, 0.1) is 16.3 Å². The number of benzene rings is 2. The van der Waals surface area contributed by atoms with Crippen molar-refractivity contribution in [3.8, 4) is 11.5 Å². The van der Waals surface area contributed by atoms with Crippen molar-refractivity contribution in [3.05, 3.63) is 59.4 Å². The van der Waals surface area contributed by atoms with E-state index in [4.69, 9.17) is 21.0 Å². The van der Waals surface area contributed by atoms with E-state index in [9.17, 15) is 0 Å². The first kappa shape index (κ1) is 18.1. The lowest BCUT2D eigenvalue weighted by Gasteiger charge is -2.09. The Balaban J connectivity index is 1.62. The van der Waals surface area contributed by atoms with Gasteiger partial charge in [0, 0.05) is 17.1 Å². The molecule has 0 saturated heterocycles. The lowest BCUT2D eigenvalue weighted by molar-refractivity contribution is 0.508. The van der Waals surface area contributed by atoms with Crippen LogP contribution in [-0.2, 0) is 6.54 Å². The summed E-state index contributed by atoms with van der Waals surface area (Å²) in [5, 5.41) is 10.0. The molecule has 27 heavy (non-hydrogen) atoms. The number of imidazole rings is 1. The van der Waals surface area contributed by atoms with Crippen molar-refractivity contribution in [3.63, 3.8) is 0 Å². The predicted molar refractivity (Wildman–Crippen MR) is 109 cm³/mol. The van der Waals surface area contributed by atoms with Gasteiger partial charge >= 0.3 is 0 Å². The first-order chi connectivity index (χ1) is 13.2. The number of nitrogens with zero attached hydrogens (tertiary/aromatic N) is 4. The Kier molecular flexibility index (Phi) is 5.18. The monoisotopic (exact) mass is 398 g/mol. The highest BCUT2D eigenvalue weighted by molar-refractivity contribution is 7.99. The number of aromatic nitrogens is 4. The Hall–Kier alpha value is -2.31. The molecule has 2 aromatic carbocycles. The second kappa shape index (κ2) is 7.74. The van der Waals surface area contributed by atoms with Crippen molar-refractivity contribution in [2.45, 2.75) is 37.2 Å². The van der Waals surface area contributed by atoms with Crippen molar-refractivity contribution in [2.24, 2.45) is 0 Å². The highest BCUT2D eigenvalue weighted by Gasteiger charge is 2.20. The quantitative estimate of drug-likeness (QED) is 0.372. The van der Waals surface area contributed by atoms with E-state index in [1.165, 1.54) is 0 Å². The van der Waals surface area contributed by atoms with Gasteiger partial charge in [-0.1, -0.05) is 48.5 Å². The minimum atomic E-state index is -0.0159. The van der Waals surface area contributed by atoms with Gasteiger partial charge in [0.2, 0.25) is 11.8 Å². The van der Waals surface area contributed by atoms with Crippen LogP contribution in [0.2, 0.25) is 5.02 Å². The molecule has 1 atom stereocenters. The number of rotatable bonds is 6. The molecule has 4 rings (SSSR count). The van der Waals surface area contributed by atoms with E-state index in [0.29, 0.717) is 16.8 Å². The van der Waals surface area contributed by atoms with E-state index in [1.54, 1.807) is 11.8 Å². The van der Waals surface area contributed by atoms with Crippen molar-refractivity contribution in [1.29, 1.82) is 0 Å². The average Bonchev–Trinajstić information content (AvgIpc) is 3.28. The van der Waals surface area contributed by atoms with E-state index in [1.807, 2.05) is 48.5 Å². The molecule has 0 saturated carbocycles. The second-order valence-electron chi connectivity index (χ2n) is 6.25. The van der Waals surface area contributed by atoms with E-state index in [-0.39, 0.29) is 5.25 Å². The van der Waals surface area contributed by atoms with Crippen molar-refractivity contribution >= 4 is 34.4 Å². The molecule has 0 aliphatic carbocycles. The molecule has 5 nitrogen and oxygen atoms in total. The third-order valence-electron chi connectivity index (χ3n) is 4.21. The summed E-state index contributed by atoms with van der Waals surface area (Å²) in [5.74, 6) is 1.12. The van der Waals surface area contributed by atoms with E-state index < -0.39 is 0 Å². The van der Waals surface area contributed by atoms with Crippen LogP contribution >= 0.6 is 23.4 Å². The SMILES string of the molecule is CCCn1c(S[C@H](C)c2nnc(-c3ccccc3)o2)nc2cc(Cl)ccc21. The lowest BCUT2D eigenvalue weighted by atomic mass is 10.2. The molecule has 0 amide bonds. The Morgan fingerprint density at radius 1 is 1.15 bits per heavy atom. The molecule has 0 N–H and O–H groups in total. The van der Waals surface area contributed by atoms with Crippen LogP contribution in [0.5, 0.6) is 0 Å². The van der Waals surface area contributed by atoms with Gasteiger partial charge in [-0.05, 0) is 43.7 Å². The normalized spacial score (nSPS) is 12.6. The average molecular weight is 399 g/mol. The van der Waals surface area contributed by atoms with E-state index >= 15 is 0 Å². The minimum Gasteiger partial charge on any atom is -0.419 e. The van der Waals surface area contributed by atoms with Crippen LogP contribution in [0.15, 0.2) is 58.1 Å². The summed E-state index contributed by atoms with van der Waals surface area (Å²) >= 11 is 7.75. The summed E-state index contributed by atoms with van der Waals surface area (Å²) in [6.45, 7) is 5.10. The van der Waals surface area contributed by atoms with Gasteiger partial charge in [-0.15, -0.1) is 10.2 Å². The number of thioether (sulfide) groups is 1. The highest BCUT2D eigenvalue weighted by Crippen LogP contribution is 2.36. The van der Waals surface area contributed by atoms with Crippen molar-refractivity contribution in [2.75, 3.05) is 0 Å². The fraction of sp³-hybridized carbons (Fsp3) is 0.250. The first-order valence-corrected chi connectivity index (χ1v) is 10.1. The summed E-state index contributed by atoms with van der Waals surface area (Å²) in [6.07, 6.45) is 1.02. The molecular formula is C20H19ClN4OS. The number of halogens is 1. The molecule has 0 fully saturated rings. The van der Waals surface area contributed by atoms with Gasteiger partial charge < -0.3 is 8.98 Å². The van der Waals surface area contributed by atoms with Crippen LogP contribution in [0.3, 0.4) is 0 Å². The topological polar surface area (TPSA) is 56.7 Å². The lowest BCUT2D eigenvalue weighted by Crippen LogP contribution is -2.00. The maximum absolute atomic E-state index is 6.13. The molecule has 138 valence electrons. The van der Waals surface area contributed by atoms with E-state index in [2.05, 4.69) is 28.6 Å². The molecule has 0 unspecified atom stereocenters. The zero-order chi connectivity index (χ0) is 18.8. The van der Waals surface area contributed by atoms with Crippen LogP contribution < -0.4 is 0 Å². The van der Waals surface area contributed by atoms with Gasteiger partial charge in [0.1, 0.15) is 0 Å². The highest BCUT2D eigenvalue weighted by atomic mass is 35.5. The largest absolute Gasteiger partial charge is 0.419 e. The number of hydrogen-bond donors (Lipinski definition) is 0. The second-order valence-corrected chi connectivity index (χ2v) is 8.00. The van der Waals surface area contributed by atoms with Crippen LogP contribution in [0.25, 0.3) is 22.5 Å². The van der Waals surface area contributed by atoms with Crippen LogP contribution in [0.4, 0.5) is 0 Å². The van der Waals surface area contributed by atoms with Crippen molar-refractivity contribution in [1.82, 2.24) is 19.7 Å². The maximum atomic E-state index is 6.13. The van der Waals surface area contributed by atoms with Gasteiger partial charge in [-0.2, -0.15) is 0 Å². The van der Waals surface area contributed by atoms with Crippen LogP contribution in [0, 0.1) is 0 Å².